The van der Waals surface area contributed by atoms with Gasteiger partial charge in [-0.1, -0.05) is 48.9 Å². The average Bonchev–Trinajstić information content (AvgIpc) is 2.86. The van der Waals surface area contributed by atoms with Gasteiger partial charge in [0.15, 0.2) is 0 Å². The molecule has 0 amide bonds. The molecule has 2 rings (SSSR count). The Labute approximate surface area is 125 Å². The minimum Gasteiger partial charge on any atom is -0.492 e. The van der Waals surface area contributed by atoms with Crippen LogP contribution >= 0.6 is 23.2 Å². The monoisotopic (exact) mass is 301 g/mol. The molecule has 1 aliphatic rings. The lowest BCUT2D eigenvalue weighted by Gasteiger charge is -2.19. The lowest BCUT2D eigenvalue weighted by Crippen LogP contribution is -2.14. The number of ether oxygens (including phenoxy) is 1. The van der Waals surface area contributed by atoms with Crippen LogP contribution in [0.25, 0.3) is 0 Å². The summed E-state index contributed by atoms with van der Waals surface area (Å²) in [5.41, 5.74) is 7.22. The molecule has 106 valence electrons. The topological polar surface area (TPSA) is 35.2 Å². The van der Waals surface area contributed by atoms with Gasteiger partial charge in [-0.25, -0.2) is 0 Å². The highest BCUT2D eigenvalue weighted by molar-refractivity contribution is 6.34. The molecule has 1 atom stereocenters. The van der Waals surface area contributed by atoms with Crippen molar-refractivity contribution in [1.82, 2.24) is 0 Å². The maximum absolute atomic E-state index is 6.30. The van der Waals surface area contributed by atoms with Crippen LogP contribution in [0.2, 0.25) is 10.0 Å². The van der Waals surface area contributed by atoms with Crippen LogP contribution in [0.3, 0.4) is 0 Å². The highest BCUT2D eigenvalue weighted by Gasteiger charge is 2.21. The fraction of sp³-hybridized carbons (Fsp3) is 0.600. The van der Waals surface area contributed by atoms with Crippen LogP contribution in [0, 0.1) is 5.92 Å². The molecule has 0 heterocycles. The van der Waals surface area contributed by atoms with Gasteiger partial charge in [-0.05, 0) is 30.9 Å². The summed E-state index contributed by atoms with van der Waals surface area (Å²) in [4.78, 5) is 0. The Morgan fingerprint density at radius 1 is 1.26 bits per heavy atom. The first-order chi connectivity index (χ1) is 9.11. The highest BCUT2D eigenvalue weighted by Crippen LogP contribution is 2.37. The molecule has 1 aromatic rings. The quantitative estimate of drug-likeness (QED) is 0.833. The van der Waals surface area contributed by atoms with Crippen LogP contribution in [-0.2, 0) is 0 Å². The van der Waals surface area contributed by atoms with Gasteiger partial charge in [0, 0.05) is 17.1 Å². The van der Waals surface area contributed by atoms with Crippen LogP contribution in [-0.4, -0.2) is 6.61 Å². The number of rotatable bonds is 5. The van der Waals surface area contributed by atoms with Gasteiger partial charge in [-0.15, -0.1) is 0 Å². The van der Waals surface area contributed by atoms with E-state index < -0.39 is 0 Å². The number of nitrogens with two attached hydrogens (primary N) is 1. The van der Waals surface area contributed by atoms with Gasteiger partial charge in [-0.2, -0.15) is 0 Å². The second-order valence-electron chi connectivity index (χ2n) is 5.23. The summed E-state index contributed by atoms with van der Waals surface area (Å²) in [6, 6.07) is 3.59. The zero-order valence-corrected chi connectivity index (χ0v) is 12.8. The number of halogens is 2. The third-order valence-electron chi connectivity index (χ3n) is 3.81. The Kier molecular flexibility index (Phi) is 5.37. The summed E-state index contributed by atoms with van der Waals surface area (Å²) in [7, 11) is 0. The summed E-state index contributed by atoms with van der Waals surface area (Å²) in [5, 5.41) is 1.24. The first kappa shape index (κ1) is 15.0. The minimum absolute atomic E-state index is 0.0382. The van der Waals surface area contributed by atoms with Crippen molar-refractivity contribution in [3.05, 3.63) is 27.7 Å². The van der Waals surface area contributed by atoms with E-state index in [2.05, 4.69) is 0 Å². The van der Waals surface area contributed by atoms with E-state index >= 15 is 0 Å². The molecular formula is C15H21Cl2NO. The second-order valence-corrected chi connectivity index (χ2v) is 6.04. The van der Waals surface area contributed by atoms with E-state index in [1.54, 1.807) is 6.07 Å². The number of benzene rings is 1. The third-order valence-corrected chi connectivity index (χ3v) is 4.44. The number of hydrogen-bond acceptors (Lipinski definition) is 2. The smallest absolute Gasteiger partial charge is 0.139 e. The molecule has 2 nitrogen and oxygen atoms in total. The van der Waals surface area contributed by atoms with Crippen LogP contribution in [0.4, 0.5) is 0 Å². The molecule has 0 bridgehead atoms. The van der Waals surface area contributed by atoms with Gasteiger partial charge in [0.25, 0.3) is 0 Å². The minimum atomic E-state index is -0.0382. The van der Waals surface area contributed by atoms with Crippen LogP contribution < -0.4 is 10.5 Å². The molecule has 0 aliphatic heterocycles. The van der Waals surface area contributed by atoms with Crippen LogP contribution in [0.1, 0.15) is 50.6 Å². The van der Waals surface area contributed by atoms with E-state index in [1.807, 2.05) is 13.0 Å². The van der Waals surface area contributed by atoms with Crippen LogP contribution in [0.15, 0.2) is 12.1 Å². The third kappa shape index (κ3) is 3.77. The summed E-state index contributed by atoms with van der Waals surface area (Å²) < 4.78 is 5.43. The van der Waals surface area contributed by atoms with E-state index in [0.29, 0.717) is 22.4 Å². The van der Waals surface area contributed by atoms with Crippen molar-refractivity contribution in [2.45, 2.75) is 45.1 Å². The molecule has 1 saturated carbocycles. The van der Waals surface area contributed by atoms with Gasteiger partial charge < -0.3 is 10.5 Å². The van der Waals surface area contributed by atoms with Gasteiger partial charge in [-0.3, -0.25) is 0 Å². The summed E-state index contributed by atoms with van der Waals surface area (Å²) in [6.45, 7) is 2.49. The second kappa shape index (κ2) is 6.83. The van der Waals surface area contributed by atoms with Crippen molar-refractivity contribution in [2.75, 3.05) is 6.61 Å². The normalized spacial score (nSPS) is 17.7. The van der Waals surface area contributed by atoms with Crippen LogP contribution in [0.5, 0.6) is 5.75 Å². The number of hydrogen-bond donors (Lipinski definition) is 1. The fourth-order valence-electron chi connectivity index (χ4n) is 2.83. The summed E-state index contributed by atoms with van der Waals surface area (Å²) >= 11 is 12.5. The van der Waals surface area contributed by atoms with Crippen molar-refractivity contribution in [3.8, 4) is 5.75 Å². The largest absolute Gasteiger partial charge is 0.492 e. The fourth-order valence-corrected chi connectivity index (χ4v) is 3.35. The molecule has 2 N–H and O–H groups in total. The van der Waals surface area contributed by atoms with Crippen molar-refractivity contribution >= 4 is 23.2 Å². The summed E-state index contributed by atoms with van der Waals surface area (Å²) in [6.07, 6.45) is 6.22. The molecule has 0 spiro atoms. The Hall–Kier alpha value is -0.440. The molecule has 19 heavy (non-hydrogen) atoms. The predicted molar refractivity (Wildman–Crippen MR) is 81.1 cm³/mol. The maximum Gasteiger partial charge on any atom is 0.139 e. The molecule has 1 aliphatic carbocycles. The molecule has 1 unspecified atom stereocenters. The van der Waals surface area contributed by atoms with E-state index in [1.165, 1.54) is 25.7 Å². The molecule has 1 aromatic carbocycles. The predicted octanol–water partition coefficient (Wildman–Crippen LogP) is 4.97. The van der Waals surface area contributed by atoms with Gasteiger partial charge in [0.05, 0.1) is 11.6 Å². The Morgan fingerprint density at radius 3 is 2.58 bits per heavy atom. The molecule has 0 radical (unpaired) electrons. The van der Waals surface area contributed by atoms with Gasteiger partial charge in [0.2, 0.25) is 0 Å². The summed E-state index contributed by atoms with van der Waals surface area (Å²) in [5.74, 6) is 1.36. The standard InChI is InChI=1S/C15H21Cl2NO/c1-2-19-15-9-12(16)11(8-13(15)17)14(18)7-10-5-3-4-6-10/h8-10,14H,2-7,18H2,1H3. The highest BCUT2D eigenvalue weighted by atomic mass is 35.5. The molecule has 1 fully saturated rings. The zero-order chi connectivity index (χ0) is 13.8. The first-order valence-electron chi connectivity index (χ1n) is 6.99. The van der Waals surface area contributed by atoms with E-state index in [-0.39, 0.29) is 6.04 Å². The lowest BCUT2D eigenvalue weighted by atomic mass is 9.94. The van der Waals surface area contributed by atoms with E-state index in [0.717, 1.165) is 17.9 Å². The van der Waals surface area contributed by atoms with Crippen molar-refractivity contribution < 1.29 is 4.74 Å². The van der Waals surface area contributed by atoms with Gasteiger partial charge in [0.1, 0.15) is 5.75 Å². The van der Waals surface area contributed by atoms with E-state index in [4.69, 9.17) is 33.7 Å². The molecule has 0 aromatic heterocycles. The zero-order valence-electron chi connectivity index (χ0n) is 11.3. The molecular weight excluding hydrogens is 281 g/mol. The lowest BCUT2D eigenvalue weighted by molar-refractivity contribution is 0.340. The van der Waals surface area contributed by atoms with Crippen molar-refractivity contribution in [3.63, 3.8) is 0 Å². The first-order valence-corrected chi connectivity index (χ1v) is 7.74. The Morgan fingerprint density at radius 2 is 1.95 bits per heavy atom. The van der Waals surface area contributed by atoms with Gasteiger partial charge >= 0.3 is 0 Å². The van der Waals surface area contributed by atoms with Crippen molar-refractivity contribution in [2.24, 2.45) is 11.7 Å². The Balaban J connectivity index is 2.12. The molecule has 0 saturated heterocycles. The molecule has 4 heteroatoms. The van der Waals surface area contributed by atoms with E-state index in [9.17, 15) is 0 Å². The van der Waals surface area contributed by atoms with Crippen molar-refractivity contribution in [1.29, 1.82) is 0 Å². The average molecular weight is 302 g/mol. The Bertz CT molecular complexity index is 430. The maximum atomic E-state index is 6.30. The SMILES string of the molecule is CCOc1cc(Cl)c(C(N)CC2CCCC2)cc1Cl.